The second-order valence-corrected chi connectivity index (χ2v) is 10.2. The smallest absolute Gasteiger partial charge is 0.308 e. The van der Waals surface area contributed by atoms with Gasteiger partial charge in [-0.3, -0.25) is 19.5 Å². The number of aliphatic carboxylic acids is 1. The monoisotopic (exact) mass is 545 g/mol. The Labute approximate surface area is 234 Å². The maximum Gasteiger partial charge on any atom is 0.308 e. The largest absolute Gasteiger partial charge is 0.496 e. The molecule has 9 heteroatoms. The molecule has 2 aromatic carbocycles. The summed E-state index contributed by atoms with van der Waals surface area (Å²) in [6.07, 6.45) is 5.60. The standard InChI is InChI=1S/C31H35N3O6/c1-3-4-14-34(23-9-7-13-32-17-23)29(35)19-33-18-24(21-11-12-27-28(16-21)40-20-39-27)30(31(36)37)25(33)15-22-8-5-6-10-26(22)38-2/h5-13,16-17,24-25,30H,3-4,14-15,18-20H2,1-2H3,(H,36,37). The predicted octanol–water partition coefficient (Wildman–Crippen LogP) is 4.36. The highest BCUT2D eigenvalue weighted by Gasteiger charge is 2.47. The number of carboxylic acid groups (broad SMARTS) is 1. The second-order valence-electron chi connectivity index (χ2n) is 10.2. The van der Waals surface area contributed by atoms with Gasteiger partial charge in [-0.2, -0.15) is 0 Å². The molecule has 1 saturated heterocycles. The van der Waals surface area contributed by atoms with E-state index < -0.39 is 17.9 Å². The van der Waals surface area contributed by atoms with Gasteiger partial charge in [0.15, 0.2) is 11.5 Å². The molecule has 0 saturated carbocycles. The molecule has 1 fully saturated rings. The molecule has 3 heterocycles. The molecule has 1 N–H and O–H groups in total. The normalized spacial score (nSPS) is 19.9. The topological polar surface area (TPSA) is 101 Å². The molecule has 2 aliphatic heterocycles. The van der Waals surface area contributed by atoms with Gasteiger partial charge in [-0.05, 0) is 54.3 Å². The average molecular weight is 546 g/mol. The van der Waals surface area contributed by atoms with Crippen molar-refractivity contribution in [2.75, 3.05) is 38.4 Å². The highest BCUT2D eigenvalue weighted by molar-refractivity contribution is 5.94. The van der Waals surface area contributed by atoms with Crippen molar-refractivity contribution in [2.45, 2.75) is 38.1 Å². The number of hydrogen-bond acceptors (Lipinski definition) is 7. The highest BCUT2D eigenvalue weighted by atomic mass is 16.7. The molecule has 210 valence electrons. The summed E-state index contributed by atoms with van der Waals surface area (Å²) in [7, 11) is 1.61. The van der Waals surface area contributed by atoms with Gasteiger partial charge < -0.3 is 24.2 Å². The number of rotatable bonds is 11. The number of likely N-dealkylation sites (tertiary alicyclic amines) is 1. The molecule has 0 spiro atoms. The van der Waals surface area contributed by atoms with E-state index in [1.165, 1.54) is 0 Å². The number of fused-ring (bicyclic) bond motifs is 1. The van der Waals surface area contributed by atoms with E-state index in [-0.39, 0.29) is 25.2 Å². The van der Waals surface area contributed by atoms with Crippen LogP contribution < -0.4 is 19.1 Å². The van der Waals surface area contributed by atoms with Gasteiger partial charge in [0, 0.05) is 31.2 Å². The van der Waals surface area contributed by atoms with Gasteiger partial charge in [0.05, 0.1) is 31.5 Å². The first-order chi connectivity index (χ1) is 19.5. The van der Waals surface area contributed by atoms with E-state index in [9.17, 15) is 14.7 Å². The molecule has 40 heavy (non-hydrogen) atoms. The molecule has 3 aromatic rings. The summed E-state index contributed by atoms with van der Waals surface area (Å²) in [6, 6.07) is 16.5. The highest BCUT2D eigenvalue weighted by Crippen LogP contribution is 2.43. The number of hydrogen-bond donors (Lipinski definition) is 1. The Bertz CT molecular complexity index is 1330. The Kier molecular flexibility index (Phi) is 8.50. The van der Waals surface area contributed by atoms with Crippen LogP contribution in [0.15, 0.2) is 67.0 Å². The zero-order valence-corrected chi connectivity index (χ0v) is 22.9. The van der Waals surface area contributed by atoms with E-state index in [2.05, 4.69) is 11.9 Å². The molecule has 5 rings (SSSR count). The van der Waals surface area contributed by atoms with Crippen LogP contribution in [-0.4, -0.2) is 66.4 Å². The van der Waals surface area contributed by atoms with Crippen LogP contribution in [-0.2, 0) is 16.0 Å². The number of carboxylic acids is 1. The van der Waals surface area contributed by atoms with Gasteiger partial charge in [-0.1, -0.05) is 37.6 Å². The first-order valence-corrected chi connectivity index (χ1v) is 13.7. The lowest BCUT2D eigenvalue weighted by molar-refractivity contribution is -0.143. The van der Waals surface area contributed by atoms with Gasteiger partial charge in [-0.25, -0.2) is 0 Å². The number of carbonyl (C=O) groups excluding carboxylic acids is 1. The van der Waals surface area contributed by atoms with E-state index in [0.29, 0.717) is 36.8 Å². The van der Waals surface area contributed by atoms with Crippen molar-refractivity contribution in [1.82, 2.24) is 9.88 Å². The van der Waals surface area contributed by atoms with Crippen molar-refractivity contribution in [2.24, 2.45) is 5.92 Å². The molecule has 2 aliphatic rings. The average Bonchev–Trinajstić information content (AvgIpc) is 3.58. The molecule has 0 aliphatic carbocycles. The minimum absolute atomic E-state index is 0.0815. The number of carbonyl (C=O) groups is 2. The van der Waals surface area contributed by atoms with Crippen LogP contribution >= 0.6 is 0 Å². The van der Waals surface area contributed by atoms with E-state index in [1.807, 2.05) is 59.5 Å². The fourth-order valence-electron chi connectivity index (χ4n) is 5.81. The van der Waals surface area contributed by atoms with E-state index >= 15 is 0 Å². The number of para-hydroxylation sites is 1. The molecule has 9 nitrogen and oxygen atoms in total. The lowest BCUT2D eigenvalue weighted by Crippen LogP contribution is -2.45. The molecule has 1 aromatic heterocycles. The number of methoxy groups -OCH3 is 1. The Morgan fingerprint density at radius 2 is 1.95 bits per heavy atom. The number of amides is 1. The SMILES string of the molecule is CCCCN(C(=O)CN1CC(c2ccc3c(c2)OCO3)C(C(=O)O)C1Cc1ccccc1OC)c1cccnc1. The van der Waals surface area contributed by atoms with Gasteiger partial charge in [-0.15, -0.1) is 0 Å². The predicted molar refractivity (Wildman–Crippen MR) is 150 cm³/mol. The van der Waals surface area contributed by atoms with Crippen LogP contribution in [0.1, 0.15) is 36.8 Å². The molecule has 3 atom stereocenters. The first-order valence-electron chi connectivity index (χ1n) is 13.7. The minimum Gasteiger partial charge on any atom is -0.496 e. The fourth-order valence-corrected chi connectivity index (χ4v) is 5.81. The van der Waals surface area contributed by atoms with E-state index in [0.717, 1.165) is 29.7 Å². The maximum atomic E-state index is 13.8. The molecular formula is C31H35N3O6. The fraction of sp³-hybridized carbons (Fsp3) is 0.387. The van der Waals surface area contributed by atoms with E-state index in [1.54, 1.807) is 24.4 Å². The number of unbranched alkanes of at least 4 members (excludes halogenated alkanes) is 1. The quantitative estimate of drug-likeness (QED) is 0.379. The summed E-state index contributed by atoms with van der Waals surface area (Å²) in [4.78, 5) is 34.7. The summed E-state index contributed by atoms with van der Waals surface area (Å²) >= 11 is 0. The lowest BCUT2D eigenvalue weighted by atomic mass is 9.83. The summed E-state index contributed by atoms with van der Waals surface area (Å²) in [6.45, 7) is 3.30. The number of pyridine rings is 1. The number of aromatic nitrogens is 1. The summed E-state index contributed by atoms with van der Waals surface area (Å²) in [5, 5.41) is 10.6. The van der Waals surface area contributed by atoms with Crippen molar-refractivity contribution in [1.29, 1.82) is 0 Å². The maximum absolute atomic E-state index is 13.8. The van der Waals surface area contributed by atoms with Crippen LogP contribution in [0.2, 0.25) is 0 Å². The molecule has 1 amide bonds. The van der Waals surface area contributed by atoms with Crippen LogP contribution in [0, 0.1) is 5.92 Å². The summed E-state index contributed by atoms with van der Waals surface area (Å²) in [5.41, 5.74) is 2.50. The third-order valence-electron chi connectivity index (χ3n) is 7.81. The van der Waals surface area contributed by atoms with Crippen LogP contribution in [0.3, 0.4) is 0 Å². The molecule has 0 bridgehead atoms. The van der Waals surface area contributed by atoms with Gasteiger partial charge in [0.1, 0.15) is 5.75 Å². The van der Waals surface area contributed by atoms with Gasteiger partial charge >= 0.3 is 5.97 Å². The Morgan fingerprint density at radius 3 is 2.70 bits per heavy atom. The summed E-state index contributed by atoms with van der Waals surface area (Å²) in [5.74, 6) is -0.115. The Balaban J connectivity index is 1.49. The van der Waals surface area contributed by atoms with Crippen LogP contribution in [0.5, 0.6) is 17.2 Å². The molecular weight excluding hydrogens is 510 g/mol. The van der Waals surface area contributed by atoms with Crippen LogP contribution in [0.25, 0.3) is 0 Å². The second kappa shape index (κ2) is 12.4. The lowest BCUT2D eigenvalue weighted by Gasteiger charge is -2.30. The zero-order chi connectivity index (χ0) is 28.1. The van der Waals surface area contributed by atoms with Crippen LogP contribution in [0.4, 0.5) is 5.69 Å². The minimum atomic E-state index is -0.896. The number of nitrogens with zero attached hydrogens (tertiary/aromatic N) is 3. The van der Waals surface area contributed by atoms with Crippen molar-refractivity contribution < 1.29 is 28.9 Å². The molecule has 3 unspecified atom stereocenters. The number of ether oxygens (including phenoxy) is 3. The van der Waals surface area contributed by atoms with Crippen molar-refractivity contribution in [3.8, 4) is 17.2 Å². The summed E-state index contributed by atoms with van der Waals surface area (Å²) < 4.78 is 16.7. The Hall–Kier alpha value is -4.11. The number of anilines is 1. The number of benzene rings is 2. The van der Waals surface area contributed by atoms with E-state index in [4.69, 9.17) is 14.2 Å². The third kappa shape index (κ3) is 5.74. The van der Waals surface area contributed by atoms with Crippen molar-refractivity contribution >= 4 is 17.6 Å². The first kappa shape index (κ1) is 27.5. The third-order valence-corrected chi connectivity index (χ3v) is 7.81. The zero-order valence-electron chi connectivity index (χ0n) is 22.9. The molecule has 0 radical (unpaired) electrons. The van der Waals surface area contributed by atoms with Gasteiger partial charge in [0.25, 0.3) is 0 Å². The Morgan fingerprint density at radius 1 is 1.12 bits per heavy atom. The van der Waals surface area contributed by atoms with Gasteiger partial charge in [0.2, 0.25) is 12.7 Å². The van der Waals surface area contributed by atoms with Crippen molar-refractivity contribution in [3.05, 3.63) is 78.1 Å². The van der Waals surface area contributed by atoms with Crippen molar-refractivity contribution in [3.63, 3.8) is 0 Å².